The summed E-state index contributed by atoms with van der Waals surface area (Å²) in [5.74, 6) is 1.07. The Morgan fingerprint density at radius 2 is 1.94 bits per heavy atom. The first-order valence-corrected chi connectivity index (χ1v) is 9.90. The Kier molecular flexibility index (Phi) is 5.99. The van der Waals surface area contributed by atoms with Crippen molar-refractivity contribution in [1.29, 1.82) is 5.26 Å². The van der Waals surface area contributed by atoms with E-state index >= 15 is 0 Å². The van der Waals surface area contributed by atoms with Gasteiger partial charge in [0.2, 0.25) is 5.91 Å². The first-order valence-electron chi connectivity index (χ1n) is 9.90. The van der Waals surface area contributed by atoms with Crippen molar-refractivity contribution >= 4 is 5.91 Å². The summed E-state index contributed by atoms with van der Waals surface area (Å²) in [6.07, 6.45) is 4.23. The standard InChI is InChI=1S/C24H21N5O3/c1-31-18-9-10-19(21(14-18)32-2)23(17-7-5-16(15-25)6-8-17)29-13-11-22(30)27-24(29)20-4-3-12-26-28-20/h3-14,23-24H,1-2H3,(H,27,30). The Morgan fingerprint density at radius 3 is 2.59 bits per heavy atom. The molecule has 0 radical (unpaired) electrons. The van der Waals surface area contributed by atoms with E-state index in [1.54, 1.807) is 44.8 Å². The van der Waals surface area contributed by atoms with Crippen molar-refractivity contribution in [2.24, 2.45) is 0 Å². The molecule has 160 valence electrons. The molecule has 2 heterocycles. The number of nitriles is 1. The molecule has 4 rings (SSSR count). The van der Waals surface area contributed by atoms with Gasteiger partial charge in [0.15, 0.2) is 0 Å². The highest BCUT2D eigenvalue weighted by atomic mass is 16.5. The Balaban J connectivity index is 1.89. The number of hydrogen-bond acceptors (Lipinski definition) is 7. The summed E-state index contributed by atoms with van der Waals surface area (Å²) < 4.78 is 11.0. The molecule has 1 aliphatic rings. The van der Waals surface area contributed by atoms with Gasteiger partial charge in [0.05, 0.1) is 31.9 Å². The van der Waals surface area contributed by atoms with Crippen molar-refractivity contribution in [3.8, 4) is 17.6 Å². The normalized spacial score (nSPS) is 16.1. The molecule has 0 saturated carbocycles. The number of ether oxygens (including phenoxy) is 2. The van der Waals surface area contributed by atoms with Crippen LogP contribution in [0.5, 0.6) is 11.5 Å². The van der Waals surface area contributed by atoms with Crippen molar-refractivity contribution in [2.75, 3.05) is 14.2 Å². The molecule has 8 heteroatoms. The number of carbonyl (C=O) groups excluding carboxylic acids is 1. The molecule has 2 unspecified atom stereocenters. The van der Waals surface area contributed by atoms with Crippen LogP contribution in [0, 0.1) is 11.3 Å². The van der Waals surface area contributed by atoms with Crippen molar-refractivity contribution in [3.63, 3.8) is 0 Å². The van der Waals surface area contributed by atoms with Crippen molar-refractivity contribution in [1.82, 2.24) is 20.4 Å². The minimum atomic E-state index is -0.561. The summed E-state index contributed by atoms with van der Waals surface area (Å²) in [6.45, 7) is 0. The Hall–Kier alpha value is -4.38. The smallest absolute Gasteiger partial charge is 0.247 e. The maximum Gasteiger partial charge on any atom is 0.247 e. The minimum absolute atomic E-state index is 0.225. The van der Waals surface area contributed by atoms with E-state index in [9.17, 15) is 10.1 Å². The monoisotopic (exact) mass is 427 g/mol. The van der Waals surface area contributed by atoms with Gasteiger partial charge in [-0.2, -0.15) is 15.5 Å². The van der Waals surface area contributed by atoms with Crippen LogP contribution in [-0.4, -0.2) is 35.2 Å². The van der Waals surface area contributed by atoms with Crippen LogP contribution in [0.1, 0.15) is 34.6 Å². The van der Waals surface area contributed by atoms with Gasteiger partial charge < -0.3 is 19.7 Å². The number of nitrogens with zero attached hydrogens (tertiary/aromatic N) is 4. The third kappa shape index (κ3) is 4.09. The fourth-order valence-electron chi connectivity index (χ4n) is 3.71. The summed E-state index contributed by atoms with van der Waals surface area (Å²) in [5, 5.41) is 20.4. The molecule has 0 spiro atoms. The zero-order valence-corrected chi connectivity index (χ0v) is 17.6. The minimum Gasteiger partial charge on any atom is -0.497 e. The van der Waals surface area contributed by atoms with E-state index in [0.29, 0.717) is 22.8 Å². The van der Waals surface area contributed by atoms with Crippen LogP contribution < -0.4 is 14.8 Å². The average Bonchev–Trinajstić information content (AvgIpc) is 2.86. The third-order valence-electron chi connectivity index (χ3n) is 5.24. The van der Waals surface area contributed by atoms with Crippen LogP contribution in [0.25, 0.3) is 0 Å². The quantitative estimate of drug-likeness (QED) is 0.645. The lowest BCUT2D eigenvalue weighted by Gasteiger charge is -2.40. The fourth-order valence-corrected chi connectivity index (χ4v) is 3.71. The van der Waals surface area contributed by atoms with Crippen LogP contribution in [0.4, 0.5) is 0 Å². The molecule has 0 fully saturated rings. The van der Waals surface area contributed by atoms with Gasteiger partial charge in [-0.25, -0.2) is 0 Å². The Morgan fingerprint density at radius 1 is 1.12 bits per heavy atom. The molecule has 8 nitrogen and oxygen atoms in total. The highest BCUT2D eigenvalue weighted by Crippen LogP contribution is 2.40. The number of benzene rings is 2. The molecule has 0 saturated heterocycles. The number of rotatable bonds is 6. The van der Waals surface area contributed by atoms with Gasteiger partial charge >= 0.3 is 0 Å². The van der Waals surface area contributed by atoms with E-state index in [4.69, 9.17) is 9.47 Å². The van der Waals surface area contributed by atoms with Crippen LogP contribution in [0.3, 0.4) is 0 Å². The van der Waals surface area contributed by atoms with Crippen LogP contribution >= 0.6 is 0 Å². The van der Waals surface area contributed by atoms with E-state index in [0.717, 1.165) is 11.1 Å². The molecule has 1 amide bonds. The first kappa shape index (κ1) is 20.9. The fraction of sp³-hybridized carbons (Fsp3) is 0.167. The van der Waals surface area contributed by atoms with E-state index in [-0.39, 0.29) is 11.9 Å². The zero-order valence-electron chi connectivity index (χ0n) is 17.6. The van der Waals surface area contributed by atoms with E-state index in [2.05, 4.69) is 21.6 Å². The van der Waals surface area contributed by atoms with Crippen LogP contribution in [-0.2, 0) is 4.79 Å². The lowest BCUT2D eigenvalue weighted by atomic mass is 9.94. The molecular formula is C24H21N5O3. The molecule has 2 atom stereocenters. The Bertz CT molecular complexity index is 1170. The second-order valence-electron chi connectivity index (χ2n) is 7.07. The molecule has 32 heavy (non-hydrogen) atoms. The molecule has 1 aromatic heterocycles. The van der Waals surface area contributed by atoms with Crippen molar-refractivity contribution in [2.45, 2.75) is 12.2 Å². The number of carbonyl (C=O) groups is 1. The molecule has 0 bridgehead atoms. The number of aromatic nitrogens is 2. The van der Waals surface area contributed by atoms with Gasteiger partial charge in [-0.15, -0.1) is 0 Å². The SMILES string of the molecule is COc1ccc(C(c2ccc(C#N)cc2)N2C=CC(=O)NC2c2cccnn2)c(OC)c1. The largest absolute Gasteiger partial charge is 0.497 e. The van der Waals surface area contributed by atoms with Gasteiger partial charge in [-0.3, -0.25) is 4.79 Å². The van der Waals surface area contributed by atoms with Crippen LogP contribution in [0.15, 0.2) is 73.1 Å². The third-order valence-corrected chi connectivity index (χ3v) is 5.24. The molecule has 0 aliphatic carbocycles. The van der Waals surface area contributed by atoms with Gasteiger partial charge in [0, 0.05) is 30.1 Å². The van der Waals surface area contributed by atoms with Crippen molar-refractivity contribution in [3.05, 3.63) is 95.5 Å². The van der Waals surface area contributed by atoms with E-state index in [1.807, 2.05) is 41.3 Å². The van der Waals surface area contributed by atoms with Gasteiger partial charge in [-0.1, -0.05) is 12.1 Å². The highest BCUT2D eigenvalue weighted by Gasteiger charge is 2.33. The van der Waals surface area contributed by atoms with E-state index in [1.165, 1.54) is 6.08 Å². The van der Waals surface area contributed by atoms with Gasteiger partial charge in [0.1, 0.15) is 23.4 Å². The number of amides is 1. The molecular weight excluding hydrogens is 406 g/mol. The molecule has 2 aromatic carbocycles. The van der Waals surface area contributed by atoms with Crippen molar-refractivity contribution < 1.29 is 14.3 Å². The zero-order chi connectivity index (χ0) is 22.5. The summed E-state index contributed by atoms with van der Waals surface area (Å²) in [5.41, 5.74) is 2.91. The summed E-state index contributed by atoms with van der Waals surface area (Å²) in [7, 11) is 3.20. The first-order chi connectivity index (χ1) is 15.6. The maximum absolute atomic E-state index is 12.2. The lowest BCUT2D eigenvalue weighted by molar-refractivity contribution is -0.119. The number of nitrogens with one attached hydrogen (secondary N) is 1. The van der Waals surface area contributed by atoms with Gasteiger partial charge in [-0.05, 0) is 42.0 Å². The molecule has 1 N–H and O–H groups in total. The Labute approximate surface area is 185 Å². The highest BCUT2D eigenvalue weighted by molar-refractivity contribution is 5.88. The summed E-state index contributed by atoms with van der Waals surface area (Å²) in [6, 6.07) is 18.3. The van der Waals surface area contributed by atoms with Crippen LogP contribution in [0.2, 0.25) is 0 Å². The number of hydrogen-bond donors (Lipinski definition) is 1. The summed E-state index contributed by atoms with van der Waals surface area (Å²) >= 11 is 0. The molecule has 1 aliphatic heterocycles. The summed E-state index contributed by atoms with van der Waals surface area (Å²) in [4.78, 5) is 14.2. The van der Waals surface area contributed by atoms with Gasteiger partial charge in [0.25, 0.3) is 0 Å². The topological polar surface area (TPSA) is 100 Å². The van der Waals surface area contributed by atoms with E-state index < -0.39 is 6.17 Å². The predicted molar refractivity (Wildman–Crippen MR) is 116 cm³/mol. The second-order valence-corrected chi connectivity index (χ2v) is 7.07. The number of methoxy groups -OCH3 is 2. The average molecular weight is 427 g/mol. The maximum atomic E-state index is 12.2. The lowest BCUT2D eigenvalue weighted by Crippen LogP contribution is -2.44. The second kappa shape index (κ2) is 9.18. The predicted octanol–water partition coefficient (Wildman–Crippen LogP) is 3.10. The molecule has 3 aromatic rings.